The van der Waals surface area contributed by atoms with Crippen molar-refractivity contribution in [1.29, 1.82) is 0 Å². The molecule has 0 aromatic carbocycles. The average molecular weight is 525 g/mol. The summed E-state index contributed by atoms with van der Waals surface area (Å²) in [6.07, 6.45) is 0.911. The molecule has 37 heavy (non-hydrogen) atoms. The maximum absolute atomic E-state index is 13.4. The summed E-state index contributed by atoms with van der Waals surface area (Å²) in [6.45, 7) is 11.3. The molecule has 0 bridgehead atoms. The van der Waals surface area contributed by atoms with Crippen LogP contribution in [-0.2, 0) is 10.0 Å². The van der Waals surface area contributed by atoms with Crippen molar-refractivity contribution >= 4 is 27.6 Å². The van der Waals surface area contributed by atoms with Crippen LogP contribution in [0.5, 0.6) is 5.88 Å². The van der Waals surface area contributed by atoms with Crippen molar-refractivity contribution in [1.82, 2.24) is 19.7 Å². The first-order chi connectivity index (χ1) is 17.4. The van der Waals surface area contributed by atoms with Gasteiger partial charge in [-0.05, 0) is 70.4 Å². The molecule has 0 spiro atoms. The second-order valence-electron chi connectivity index (χ2n) is 9.67. The first-order valence-corrected chi connectivity index (χ1v) is 13.6. The van der Waals surface area contributed by atoms with Gasteiger partial charge in [0.15, 0.2) is 5.03 Å². The molecule has 1 amide bonds. The number of rotatable bonds is 7. The third-order valence-corrected chi connectivity index (χ3v) is 8.06. The van der Waals surface area contributed by atoms with E-state index in [1.807, 2.05) is 19.9 Å². The maximum Gasteiger partial charge on any atom is 0.281 e. The predicted octanol–water partition coefficient (Wildman–Crippen LogP) is 3.57. The van der Waals surface area contributed by atoms with Crippen LogP contribution in [0.25, 0.3) is 11.3 Å². The zero-order valence-corrected chi connectivity index (χ0v) is 22.5. The second-order valence-corrected chi connectivity index (χ2v) is 11.3. The van der Waals surface area contributed by atoms with E-state index in [1.54, 1.807) is 18.2 Å². The van der Waals surface area contributed by atoms with Crippen LogP contribution in [0.15, 0.2) is 47.5 Å². The number of hydrogen-bond donors (Lipinski definition) is 2. The van der Waals surface area contributed by atoms with E-state index in [9.17, 15) is 13.2 Å². The lowest BCUT2D eigenvalue weighted by Gasteiger charge is -2.36. The Kier molecular flexibility index (Phi) is 7.09. The van der Waals surface area contributed by atoms with Gasteiger partial charge in [-0.3, -0.25) is 4.79 Å². The molecule has 3 N–H and O–H groups in total. The highest BCUT2D eigenvalue weighted by atomic mass is 32.2. The van der Waals surface area contributed by atoms with Crippen LogP contribution in [0.4, 0.5) is 11.6 Å². The summed E-state index contributed by atoms with van der Waals surface area (Å²) in [7, 11) is -4.25. The van der Waals surface area contributed by atoms with E-state index in [2.05, 4.69) is 40.4 Å². The molecule has 11 heteroatoms. The quantitative estimate of drug-likeness (QED) is 0.474. The number of aromatic nitrogens is 3. The van der Waals surface area contributed by atoms with Crippen LogP contribution in [0, 0.1) is 12.8 Å². The fourth-order valence-corrected chi connectivity index (χ4v) is 5.36. The number of ether oxygens (including phenoxy) is 1. The molecule has 1 saturated heterocycles. The number of nitrogens with zero attached hydrogens (tertiary/aromatic N) is 4. The van der Waals surface area contributed by atoms with Crippen molar-refractivity contribution in [2.75, 3.05) is 23.8 Å². The summed E-state index contributed by atoms with van der Waals surface area (Å²) in [5.41, 5.74) is 7.65. The van der Waals surface area contributed by atoms with E-state index in [0.717, 1.165) is 17.7 Å². The molecule has 10 nitrogen and oxygen atoms in total. The molecule has 0 saturated carbocycles. The molecule has 0 radical (unpaired) electrons. The second kappa shape index (κ2) is 9.97. The number of anilines is 2. The number of pyridine rings is 3. The third kappa shape index (κ3) is 5.36. The molecular formula is C26H32N6O4S. The van der Waals surface area contributed by atoms with Crippen LogP contribution in [0.2, 0.25) is 0 Å². The van der Waals surface area contributed by atoms with Gasteiger partial charge < -0.3 is 15.4 Å². The number of nitrogen functional groups attached to an aromatic ring is 1. The van der Waals surface area contributed by atoms with E-state index in [4.69, 9.17) is 15.5 Å². The molecule has 0 aliphatic carbocycles. The highest BCUT2D eigenvalue weighted by Crippen LogP contribution is 2.39. The minimum atomic E-state index is -4.25. The van der Waals surface area contributed by atoms with Gasteiger partial charge in [0, 0.05) is 29.4 Å². The Balaban J connectivity index is 1.79. The van der Waals surface area contributed by atoms with Crippen LogP contribution in [-0.4, -0.2) is 48.0 Å². The van der Waals surface area contributed by atoms with Gasteiger partial charge in [0.2, 0.25) is 5.88 Å². The first-order valence-electron chi connectivity index (χ1n) is 12.1. The van der Waals surface area contributed by atoms with Crippen LogP contribution in [0.3, 0.4) is 0 Å². The van der Waals surface area contributed by atoms with E-state index < -0.39 is 15.9 Å². The van der Waals surface area contributed by atoms with Gasteiger partial charge in [0.1, 0.15) is 11.6 Å². The van der Waals surface area contributed by atoms with Gasteiger partial charge in [-0.1, -0.05) is 13.0 Å². The number of nitrogens with one attached hydrogen (secondary N) is 1. The van der Waals surface area contributed by atoms with Crippen molar-refractivity contribution in [2.24, 2.45) is 5.92 Å². The predicted molar refractivity (Wildman–Crippen MR) is 142 cm³/mol. The Hall–Kier alpha value is -3.73. The fourth-order valence-electron chi connectivity index (χ4n) is 4.42. The molecule has 4 heterocycles. The maximum atomic E-state index is 13.4. The highest BCUT2D eigenvalue weighted by Gasteiger charge is 2.41. The van der Waals surface area contributed by atoms with Gasteiger partial charge in [0.25, 0.3) is 15.9 Å². The summed E-state index contributed by atoms with van der Waals surface area (Å²) in [5.74, 6) is 0.469. The third-order valence-electron chi connectivity index (χ3n) is 6.83. The van der Waals surface area contributed by atoms with Crippen molar-refractivity contribution < 1.29 is 17.9 Å². The van der Waals surface area contributed by atoms with Gasteiger partial charge >= 0.3 is 0 Å². The van der Waals surface area contributed by atoms with Crippen molar-refractivity contribution in [3.05, 3.63) is 53.7 Å². The number of aryl methyl sites for hydroxylation is 1. The van der Waals surface area contributed by atoms with Gasteiger partial charge in [-0.25, -0.2) is 19.7 Å². The number of carbonyl (C=O) groups excluding carboxylic acids is 1. The molecule has 1 aliphatic rings. The van der Waals surface area contributed by atoms with Gasteiger partial charge in [0.05, 0.1) is 17.9 Å². The SMILES string of the molecule is CCOc1cc(-c2ccc(C(=O)NS(=O)(=O)c3cccc(N)n3)c(N3CCC(C)C3(C)C)n2)cc(C)n1. The molecule has 1 fully saturated rings. The number of hydrogen-bond acceptors (Lipinski definition) is 9. The minimum Gasteiger partial charge on any atom is -0.478 e. The number of sulfonamides is 1. The number of carbonyl (C=O) groups is 1. The zero-order chi connectivity index (χ0) is 27.0. The lowest BCUT2D eigenvalue weighted by molar-refractivity contribution is 0.0981. The summed E-state index contributed by atoms with van der Waals surface area (Å²) < 4.78 is 33.5. The molecule has 4 rings (SSSR count). The Morgan fingerprint density at radius 2 is 1.95 bits per heavy atom. The van der Waals surface area contributed by atoms with Crippen LogP contribution >= 0.6 is 0 Å². The van der Waals surface area contributed by atoms with Gasteiger partial charge in [-0.2, -0.15) is 8.42 Å². The van der Waals surface area contributed by atoms with Crippen LogP contribution in [0.1, 0.15) is 50.2 Å². The largest absolute Gasteiger partial charge is 0.478 e. The van der Waals surface area contributed by atoms with Gasteiger partial charge in [-0.15, -0.1) is 0 Å². The van der Waals surface area contributed by atoms with E-state index in [0.29, 0.717) is 36.5 Å². The normalized spacial score (nSPS) is 17.0. The van der Waals surface area contributed by atoms with Crippen molar-refractivity contribution in [3.63, 3.8) is 0 Å². The summed E-state index contributed by atoms with van der Waals surface area (Å²) in [4.78, 5) is 28.6. The van der Waals surface area contributed by atoms with E-state index in [-0.39, 0.29) is 21.9 Å². The Morgan fingerprint density at radius 3 is 2.59 bits per heavy atom. The lowest BCUT2D eigenvalue weighted by atomic mass is 9.90. The Labute approximate surface area is 217 Å². The fraction of sp³-hybridized carbons (Fsp3) is 0.385. The molecule has 1 aliphatic heterocycles. The lowest BCUT2D eigenvalue weighted by Crippen LogP contribution is -2.43. The monoisotopic (exact) mass is 524 g/mol. The number of amides is 1. The molecule has 1 atom stereocenters. The first kappa shape index (κ1) is 26.3. The summed E-state index contributed by atoms with van der Waals surface area (Å²) >= 11 is 0. The molecule has 1 unspecified atom stereocenters. The standard InChI is InChI=1S/C26H32N6O4S/c1-6-36-22-15-18(14-17(3)28-22)20-11-10-19(24(29-20)32-13-12-16(2)26(32,4)5)25(33)31-37(34,35)23-9-7-8-21(27)30-23/h7-11,14-16H,6,12-13H2,1-5H3,(H2,27,30)(H,31,33). The molecular weight excluding hydrogens is 492 g/mol. The molecule has 196 valence electrons. The van der Waals surface area contributed by atoms with E-state index in [1.165, 1.54) is 18.2 Å². The summed E-state index contributed by atoms with van der Waals surface area (Å²) in [6, 6.07) is 11.2. The molecule has 3 aromatic rings. The van der Waals surface area contributed by atoms with Crippen molar-refractivity contribution in [3.8, 4) is 17.1 Å². The smallest absolute Gasteiger partial charge is 0.281 e. The minimum absolute atomic E-state index is 0.0360. The average Bonchev–Trinajstić information content (AvgIpc) is 3.10. The van der Waals surface area contributed by atoms with E-state index >= 15 is 0 Å². The summed E-state index contributed by atoms with van der Waals surface area (Å²) in [5, 5.41) is -0.335. The Morgan fingerprint density at radius 1 is 1.19 bits per heavy atom. The highest BCUT2D eigenvalue weighted by molar-refractivity contribution is 7.90. The van der Waals surface area contributed by atoms with Crippen LogP contribution < -0.4 is 20.1 Å². The Bertz CT molecular complexity index is 1440. The molecule has 3 aromatic heterocycles. The number of nitrogens with two attached hydrogens (primary N) is 1. The topological polar surface area (TPSA) is 140 Å². The zero-order valence-electron chi connectivity index (χ0n) is 21.6. The van der Waals surface area contributed by atoms with Crippen molar-refractivity contribution in [2.45, 2.75) is 51.6 Å².